The van der Waals surface area contributed by atoms with Crippen LogP contribution in [0, 0.1) is 5.92 Å². The van der Waals surface area contributed by atoms with E-state index in [2.05, 4.69) is 16.0 Å². The van der Waals surface area contributed by atoms with Crippen LogP contribution in [0.1, 0.15) is 39.7 Å². The van der Waals surface area contributed by atoms with Gasteiger partial charge in [-0.3, -0.25) is 14.4 Å². The van der Waals surface area contributed by atoms with Crippen molar-refractivity contribution in [3.05, 3.63) is 35.9 Å². The summed E-state index contributed by atoms with van der Waals surface area (Å²) < 4.78 is 0. The van der Waals surface area contributed by atoms with Crippen molar-refractivity contribution in [3.63, 3.8) is 0 Å². The minimum atomic E-state index is -1.23. The second kappa shape index (κ2) is 12.8. The first-order valence-electron chi connectivity index (χ1n) is 10.6. The third-order valence-corrected chi connectivity index (χ3v) is 5.27. The molecule has 10 nitrogen and oxygen atoms in total. The van der Waals surface area contributed by atoms with E-state index >= 15 is 0 Å². The minimum Gasteiger partial charge on any atom is -0.480 e. The first-order valence-corrected chi connectivity index (χ1v) is 10.6. The molecule has 178 valence electrons. The largest absolute Gasteiger partial charge is 0.480 e. The lowest BCUT2D eigenvalue weighted by Crippen LogP contribution is -2.58. The highest BCUT2D eigenvalue weighted by molar-refractivity contribution is 5.94. The third kappa shape index (κ3) is 8.27. The van der Waals surface area contributed by atoms with Crippen molar-refractivity contribution in [1.82, 2.24) is 16.0 Å². The number of carbonyl (C=O) groups excluding carboxylic acids is 3. The monoisotopic (exact) mass is 450 g/mol. The number of aliphatic hydroxyl groups excluding tert-OH is 1. The smallest absolute Gasteiger partial charge is 0.326 e. The lowest BCUT2D eigenvalue weighted by molar-refractivity contribution is -0.143. The van der Waals surface area contributed by atoms with Crippen LogP contribution in [0.15, 0.2) is 30.3 Å². The van der Waals surface area contributed by atoms with E-state index < -0.39 is 54.0 Å². The highest BCUT2D eigenvalue weighted by Crippen LogP contribution is 2.09. The molecular weight excluding hydrogens is 416 g/mol. The summed E-state index contributed by atoms with van der Waals surface area (Å²) in [6.07, 6.45) is -0.440. The molecule has 7 N–H and O–H groups in total. The minimum absolute atomic E-state index is 0.129. The first kappa shape index (κ1) is 27.1. The summed E-state index contributed by atoms with van der Waals surface area (Å²) in [4.78, 5) is 49.1. The molecule has 1 aromatic rings. The molecule has 0 fully saturated rings. The predicted molar refractivity (Wildman–Crippen MR) is 118 cm³/mol. The van der Waals surface area contributed by atoms with E-state index in [1.165, 1.54) is 13.8 Å². The van der Waals surface area contributed by atoms with Gasteiger partial charge in [0.25, 0.3) is 0 Å². The molecule has 3 amide bonds. The Morgan fingerprint density at radius 1 is 0.938 bits per heavy atom. The zero-order valence-electron chi connectivity index (χ0n) is 18.9. The summed E-state index contributed by atoms with van der Waals surface area (Å²) in [6.45, 7) is 6.30. The van der Waals surface area contributed by atoms with Gasteiger partial charge in [0.1, 0.15) is 24.2 Å². The number of aliphatic hydroxyl groups is 1. The van der Waals surface area contributed by atoms with Gasteiger partial charge in [0.15, 0.2) is 0 Å². The molecule has 0 spiro atoms. The van der Waals surface area contributed by atoms with Gasteiger partial charge in [-0.1, -0.05) is 50.6 Å². The standard InChI is InChI=1S/C22H34N4O6/c1-5-12(2)18(22(31)32)26-19(28)13(3)24-20(29)16(11-15-9-7-6-8-10-15)25-21(30)17(23)14(4)27/h6-10,12-14,16-18,27H,5,11,23H2,1-4H3,(H,24,29)(H,25,30)(H,26,28)(H,31,32). The quantitative estimate of drug-likeness (QED) is 0.250. The van der Waals surface area contributed by atoms with Gasteiger partial charge in [0, 0.05) is 6.42 Å². The maximum atomic E-state index is 12.9. The van der Waals surface area contributed by atoms with Crippen molar-refractivity contribution in [2.45, 2.75) is 70.8 Å². The zero-order chi connectivity index (χ0) is 24.4. The molecule has 1 rings (SSSR count). The van der Waals surface area contributed by atoms with Crippen molar-refractivity contribution >= 4 is 23.7 Å². The summed E-state index contributed by atoms with van der Waals surface area (Å²) in [5.41, 5.74) is 6.42. The van der Waals surface area contributed by atoms with Crippen molar-refractivity contribution in [3.8, 4) is 0 Å². The van der Waals surface area contributed by atoms with Crippen LogP contribution in [-0.2, 0) is 25.6 Å². The molecule has 0 saturated carbocycles. The molecule has 10 heteroatoms. The summed E-state index contributed by atoms with van der Waals surface area (Å²) >= 11 is 0. The molecule has 1 aromatic carbocycles. The summed E-state index contributed by atoms with van der Waals surface area (Å²) in [5, 5.41) is 26.4. The molecule has 6 atom stereocenters. The number of hydrogen-bond donors (Lipinski definition) is 6. The highest BCUT2D eigenvalue weighted by Gasteiger charge is 2.30. The number of nitrogens with one attached hydrogen (secondary N) is 3. The van der Waals surface area contributed by atoms with Crippen LogP contribution in [-0.4, -0.2) is 64.2 Å². The number of aliphatic carboxylic acids is 1. The molecule has 0 heterocycles. The van der Waals surface area contributed by atoms with Gasteiger partial charge in [0.05, 0.1) is 6.10 Å². The molecule has 0 bridgehead atoms. The van der Waals surface area contributed by atoms with E-state index in [4.69, 9.17) is 5.73 Å². The maximum absolute atomic E-state index is 12.9. The predicted octanol–water partition coefficient (Wildman–Crippen LogP) is -0.458. The molecule has 0 saturated heterocycles. The van der Waals surface area contributed by atoms with Crippen LogP contribution in [0.5, 0.6) is 0 Å². The molecular formula is C22H34N4O6. The van der Waals surface area contributed by atoms with E-state index in [0.717, 1.165) is 5.56 Å². The summed E-state index contributed by atoms with van der Waals surface area (Å²) in [5.74, 6) is -3.47. The van der Waals surface area contributed by atoms with Gasteiger partial charge >= 0.3 is 5.97 Å². The summed E-state index contributed by atoms with van der Waals surface area (Å²) in [7, 11) is 0. The van der Waals surface area contributed by atoms with Crippen molar-refractivity contribution in [2.75, 3.05) is 0 Å². The Bertz CT molecular complexity index is 786. The van der Waals surface area contributed by atoms with Crippen molar-refractivity contribution < 1.29 is 29.4 Å². The Labute approximate surface area is 187 Å². The number of carboxylic acids is 1. The van der Waals surface area contributed by atoms with Gasteiger partial charge < -0.3 is 31.9 Å². The maximum Gasteiger partial charge on any atom is 0.326 e. The van der Waals surface area contributed by atoms with Crippen LogP contribution >= 0.6 is 0 Å². The third-order valence-electron chi connectivity index (χ3n) is 5.27. The van der Waals surface area contributed by atoms with Gasteiger partial charge in [-0.15, -0.1) is 0 Å². The number of hydrogen-bond acceptors (Lipinski definition) is 6. The van der Waals surface area contributed by atoms with E-state index in [1.807, 2.05) is 13.0 Å². The van der Waals surface area contributed by atoms with Crippen LogP contribution in [0.25, 0.3) is 0 Å². The van der Waals surface area contributed by atoms with Crippen molar-refractivity contribution in [2.24, 2.45) is 11.7 Å². The second-order valence-electron chi connectivity index (χ2n) is 7.96. The topological polar surface area (TPSA) is 171 Å². The Balaban J connectivity index is 2.92. The fourth-order valence-corrected chi connectivity index (χ4v) is 2.89. The normalized spacial score (nSPS) is 16.6. The first-order chi connectivity index (χ1) is 15.0. The number of rotatable bonds is 12. The van der Waals surface area contributed by atoms with Crippen molar-refractivity contribution in [1.29, 1.82) is 0 Å². The lowest BCUT2D eigenvalue weighted by Gasteiger charge is -2.25. The molecule has 0 aliphatic rings. The Hall–Kier alpha value is -2.98. The van der Waals surface area contributed by atoms with Gasteiger partial charge in [-0.2, -0.15) is 0 Å². The average molecular weight is 451 g/mol. The number of carboxylic acid groups (broad SMARTS) is 1. The zero-order valence-corrected chi connectivity index (χ0v) is 18.9. The van der Waals surface area contributed by atoms with E-state index in [1.54, 1.807) is 31.2 Å². The Morgan fingerprint density at radius 2 is 1.53 bits per heavy atom. The fraction of sp³-hybridized carbons (Fsp3) is 0.545. The molecule has 0 aliphatic carbocycles. The number of amides is 3. The second-order valence-corrected chi connectivity index (χ2v) is 7.96. The Kier molecular flexibility index (Phi) is 10.8. The van der Waals surface area contributed by atoms with Gasteiger partial charge in [-0.25, -0.2) is 4.79 Å². The van der Waals surface area contributed by atoms with E-state index in [0.29, 0.717) is 6.42 Å². The number of benzene rings is 1. The summed E-state index contributed by atoms with van der Waals surface area (Å²) in [6, 6.07) is 4.51. The van der Waals surface area contributed by atoms with Crippen LogP contribution in [0.4, 0.5) is 0 Å². The number of carbonyl (C=O) groups is 4. The highest BCUT2D eigenvalue weighted by atomic mass is 16.4. The molecule has 0 radical (unpaired) electrons. The lowest BCUT2D eigenvalue weighted by atomic mass is 9.99. The van der Waals surface area contributed by atoms with Gasteiger partial charge in [-0.05, 0) is 25.3 Å². The molecule has 0 aromatic heterocycles. The van der Waals surface area contributed by atoms with E-state index in [-0.39, 0.29) is 12.3 Å². The van der Waals surface area contributed by atoms with Crippen LogP contribution in [0.3, 0.4) is 0 Å². The SMILES string of the molecule is CCC(C)C(NC(=O)C(C)NC(=O)C(Cc1ccccc1)NC(=O)C(N)C(C)O)C(=O)O. The van der Waals surface area contributed by atoms with Crippen LogP contribution < -0.4 is 21.7 Å². The molecule has 32 heavy (non-hydrogen) atoms. The molecule has 6 unspecified atom stereocenters. The molecule has 0 aliphatic heterocycles. The average Bonchev–Trinajstić information content (AvgIpc) is 2.75. The van der Waals surface area contributed by atoms with E-state index in [9.17, 15) is 29.4 Å². The van der Waals surface area contributed by atoms with Gasteiger partial charge in [0.2, 0.25) is 17.7 Å². The van der Waals surface area contributed by atoms with Crippen LogP contribution in [0.2, 0.25) is 0 Å². The number of nitrogens with two attached hydrogens (primary N) is 1. The fourth-order valence-electron chi connectivity index (χ4n) is 2.89. The Morgan fingerprint density at radius 3 is 2.03 bits per heavy atom.